The molecular formula is C24H32N2O5. The van der Waals surface area contributed by atoms with E-state index in [1.807, 2.05) is 12.1 Å². The van der Waals surface area contributed by atoms with Crippen LogP contribution in [0.5, 0.6) is 11.6 Å². The standard InChI is InChI=1S/C24H32N2O5/c1-2-3-4-5-6-7-8-9-10-11-21(27)30-16-17-12-13-20-18(14-17)15-19-22(28)25-24(29)26-23(19)31-20/h12-14H,2-11,15-16H2,1H3,(H2,25,26,28,29). The molecule has 0 aliphatic carbocycles. The van der Waals surface area contributed by atoms with E-state index in [1.165, 1.54) is 44.9 Å². The van der Waals surface area contributed by atoms with E-state index in [9.17, 15) is 14.4 Å². The number of nitrogens with one attached hydrogen (secondary N) is 2. The quantitative estimate of drug-likeness (QED) is 0.321. The number of carbonyl (C=O) groups is 1. The predicted molar refractivity (Wildman–Crippen MR) is 119 cm³/mol. The van der Waals surface area contributed by atoms with Gasteiger partial charge in [-0.3, -0.25) is 19.6 Å². The van der Waals surface area contributed by atoms with E-state index in [4.69, 9.17) is 9.47 Å². The van der Waals surface area contributed by atoms with Gasteiger partial charge in [0.25, 0.3) is 5.56 Å². The van der Waals surface area contributed by atoms with Crippen LogP contribution in [0.1, 0.15) is 87.8 Å². The highest BCUT2D eigenvalue weighted by Gasteiger charge is 2.21. The Morgan fingerprint density at radius 2 is 1.71 bits per heavy atom. The minimum atomic E-state index is -0.595. The first-order valence-electron chi connectivity index (χ1n) is 11.4. The van der Waals surface area contributed by atoms with Crippen molar-refractivity contribution in [3.8, 4) is 11.6 Å². The predicted octanol–water partition coefficient (Wildman–Crippen LogP) is 4.72. The van der Waals surface area contributed by atoms with Crippen LogP contribution in [0.2, 0.25) is 0 Å². The molecule has 0 saturated heterocycles. The van der Waals surface area contributed by atoms with Crippen molar-refractivity contribution in [3.63, 3.8) is 0 Å². The number of aromatic nitrogens is 2. The summed E-state index contributed by atoms with van der Waals surface area (Å²) in [5, 5.41) is 0. The van der Waals surface area contributed by atoms with E-state index in [1.54, 1.807) is 6.07 Å². The lowest BCUT2D eigenvalue weighted by Crippen LogP contribution is -2.28. The molecular weight excluding hydrogens is 396 g/mol. The fourth-order valence-electron chi connectivity index (χ4n) is 3.82. The number of esters is 1. The Hall–Kier alpha value is -2.83. The number of ether oxygens (including phenoxy) is 2. The molecule has 3 rings (SSSR count). The monoisotopic (exact) mass is 428 g/mol. The van der Waals surface area contributed by atoms with Gasteiger partial charge in [-0.2, -0.15) is 0 Å². The molecule has 0 atom stereocenters. The number of aromatic amines is 2. The van der Waals surface area contributed by atoms with Gasteiger partial charge in [0.2, 0.25) is 5.88 Å². The summed E-state index contributed by atoms with van der Waals surface area (Å²) in [7, 11) is 0. The Balaban J connectivity index is 1.39. The minimum Gasteiger partial charge on any atom is -0.461 e. The maximum atomic E-state index is 12.0. The van der Waals surface area contributed by atoms with Crippen LogP contribution in [0, 0.1) is 0 Å². The molecule has 1 aromatic heterocycles. The summed E-state index contributed by atoms with van der Waals surface area (Å²) in [4.78, 5) is 40.2. The Kier molecular flexibility index (Phi) is 8.50. The van der Waals surface area contributed by atoms with Crippen LogP contribution in [-0.4, -0.2) is 15.9 Å². The first-order valence-corrected chi connectivity index (χ1v) is 11.4. The van der Waals surface area contributed by atoms with Gasteiger partial charge in [0.05, 0.1) is 5.56 Å². The molecule has 0 saturated carbocycles. The third kappa shape index (κ3) is 6.84. The van der Waals surface area contributed by atoms with Crippen LogP contribution in [0.4, 0.5) is 0 Å². The largest absolute Gasteiger partial charge is 0.461 e. The second-order valence-electron chi connectivity index (χ2n) is 8.18. The van der Waals surface area contributed by atoms with Crippen molar-refractivity contribution >= 4 is 5.97 Å². The van der Waals surface area contributed by atoms with Crippen LogP contribution < -0.4 is 16.0 Å². The number of hydrogen-bond donors (Lipinski definition) is 2. The van der Waals surface area contributed by atoms with E-state index in [2.05, 4.69) is 16.9 Å². The Labute approximate surface area is 182 Å². The number of hydrogen-bond acceptors (Lipinski definition) is 5. The van der Waals surface area contributed by atoms with Crippen molar-refractivity contribution in [2.45, 2.75) is 84.2 Å². The highest BCUT2D eigenvalue weighted by Crippen LogP contribution is 2.33. The maximum absolute atomic E-state index is 12.0. The van der Waals surface area contributed by atoms with Gasteiger partial charge in [0.1, 0.15) is 12.4 Å². The fourth-order valence-corrected chi connectivity index (χ4v) is 3.82. The Bertz CT molecular complexity index is 992. The van der Waals surface area contributed by atoms with E-state index in [0.29, 0.717) is 24.2 Å². The Morgan fingerprint density at radius 3 is 2.45 bits per heavy atom. The highest BCUT2D eigenvalue weighted by atomic mass is 16.5. The second-order valence-corrected chi connectivity index (χ2v) is 8.18. The van der Waals surface area contributed by atoms with Crippen molar-refractivity contribution in [2.24, 2.45) is 0 Å². The number of H-pyrrole nitrogens is 2. The summed E-state index contributed by atoms with van der Waals surface area (Å²) < 4.78 is 11.1. The van der Waals surface area contributed by atoms with Gasteiger partial charge < -0.3 is 9.47 Å². The normalized spacial score (nSPS) is 12.0. The summed E-state index contributed by atoms with van der Waals surface area (Å²) in [6.45, 7) is 2.42. The summed E-state index contributed by atoms with van der Waals surface area (Å²) in [5.41, 5.74) is 0.987. The summed E-state index contributed by atoms with van der Waals surface area (Å²) in [6, 6.07) is 5.46. The van der Waals surface area contributed by atoms with Gasteiger partial charge in [0, 0.05) is 18.4 Å². The number of rotatable bonds is 12. The molecule has 0 fully saturated rings. The number of fused-ring (bicyclic) bond motifs is 2. The molecule has 2 aromatic rings. The molecule has 1 aliphatic rings. The molecule has 7 nitrogen and oxygen atoms in total. The molecule has 0 radical (unpaired) electrons. The SMILES string of the molecule is CCCCCCCCCCCC(=O)OCc1ccc2c(c1)Cc1c([nH]c(=O)[nH]c1=O)O2. The molecule has 0 spiro atoms. The lowest BCUT2D eigenvalue weighted by atomic mass is 10.0. The number of benzene rings is 1. The molecule has 168 valence electrons. The molecule has 1 aromatic carbocycles. The first kappa shape index (κ1) is 22.8. The summed E-state index contributed by atoms with van der Waals surface area (Å²) >= 11 is 0. The van der Waals surface area contributed by atoms with Crippen LogP contribution >= 0.6 is 0 Å². The van der Waals surface area contributed by atoms with Gasteiger partial charge in [-0.05, 0) is 24.1 Å². The van der Waals surface area contributed by atoms with Crippen LogP contribution in [0.15, 0.2) is 27.8 Å². The number of unbranched alkanes of at least 4 members (excludes halogenated alkanes) is 8. The van der Waals surface area contributed by atoms with E-state index in [0.717, 1.165) is 24.0 Å². The van der Waals surface area contributed by atoms with Crippen molar-refractivity contribution in [3.05, 3.63) is 55.7 Å². The third-order valence-corrected chi connectivity index (χ3v) is 5.59. The van der Waals surface area contributed by atoms with Gasteiger partial charge in [-0.15, -0.1) is 0 Å². The van der Waals surface area contributed by atoms with E-state index >= 15 is 0 Å². The molecule has 2 heterocycles. The van der Waals surface area contributed by atoms with Gasteiger partial charge in [-0.25, -0.2) is 4.79 Å². The maximum Gasteiger partial charge on any atom is 0.328 e. The molecule has 31 heavy (non-hydrogen) atoms. The Morgan fingerprint density at radius 1 is 1.00 bits per heavy atom. The van der Waals surface area contributed by atoms with Crippen LogP contribution in [0.3, 0.4) is 0 Å². The molecule has 0 bridgehead atoms. The van der Waals surface area contributed by atoms with Gasteiger partial charge in [0.15, 0.2) is 0 Å². The van der Waals surface area contributed by atoms with E-state index < -0.39 is 11.2 Å². The molecule has 0 unspecified atom stereocenters. The van der Waals surface area contributed by atoms with Crippen molar-refractivity contribution in [2.75, 3.05) is 0 Å². The van der Waals surface area contributed by atoms with Gasteiger partial charge in [-0.1, -0.05) is 64.4 Å². The fraction of sp³-hybridized carbons (Fsp3) is 0.542. The zero-order valence-electron chi connectivity index (χ0n) is 18.3. The van der Waals surface area contributed by atoms with Crippen LogP contribution in [0.25, 0.3) is 0 Å². The first-order chi connectivity index (χ1) is 15.1. The number of carbonyl (C=O) groups excluding carboxylic acids is 1. The summed E-state index contributed by atoms with van der Waals surface area (Å²) in [5.74, 6) is 0.580. The van der Waals surface area contributed by atoms with E-state index in [-0.39, 0.29) is 18.5 Å². The van der Waals surface area contributed by atoms with Crippen molar-refractivity contribution < 1.29 is 14.3 Å². The average Bonchev–Trinajstić information content (AvgIpc) is 2.75. The van der Waals surface area contributed by atoms with Crippen LogP contribution in [-0.2, 0) is 22.6 Å². The topological polar surface area (TPSA) is 101 Å². The zero-order valence-corrected chi connectivity index (χ0v) is 18.3. The van der Waals surface area contributed by atoms with Crippen molar-refractivity contribution in [1.82, 2.24) is 9.97 Å². The molecule has 1 aliphatic heterocycles. The third-order valence-electron chi connectivity index (χ3n) is 5.59. The average molecular weight is 429 g/mol. The minimum absolute atomic E-state index is 0.182. The molecule has 0 amide bonds. The molecule has 7 heteroatoms. The lowest BCUT2D eigenvalue weighted by molar-refractivity contribution is -0.145. The lowest BCUT2D eigenvalue weighted by Gasteiger charge is -2.19. The zero-order chi connectivity index (χ0) is 22.1. The smallest absolute Gasteiger partial charge is 0.328 e. The van der Waals surface area contributed by atoms with Crippen molar-refractivity contribution in [1.29, 1.82) is 0 Å². The molecule has 2 N–H and O–H groups in total. The highest BCUT2D eigenvalue weighted by molar-refractivity contribution is 5.69. The second kappa shape index (κ2) is 11.5. The van der Waals surface area contributed by atoms with Gasteiger partial charge >= 0.3 is 11.7 Å². The summed E-state index contributed by atoms with van der Waals surface area (Å²) in [6.07, 6.45) is 11.7.